The fourth-order valence-corrected chi connectivity index (χ4v) is 1.46. The van der Waals surface area contributed by atoms with Crippen molar-refractivity contribution in [1.29, 1.82) is 0 Å². The van der Waals surface area contributed by atoms with Crippen molar-refractivity contribution in [2.24, 2.45) is 0 Å². The molecule has 0 aliphatic carbocycles. The zero-order valence-electron chi connectivity index (χ0n) is 9.38. The topological polar surface area (TPSA) is 49.3 Å². The van der Waals surface area contributed by atoms with Crippen molar-refractivity contribution in [3.05, 3.63) is 0 Å². The van der Waals surface area contributed by atoms with Gasteiger partial charge < -0.3 is 10.4 Å². The quantitative estimate of drug-likeness (QED) is 0.563. The van der Waals surface area contributed by atoms with Crippen molar-refractivity contribution >= 4 is 5.97 Å². The molecule has 3 nitrogen and oxygen atoms in total. The van der Waals surface area contributed by atoms with Gasteiger partial charge in [-0.15, -0.1) is 0 Å². The molecule has 0 radical (unpaired) electrons. The maximum atomic E-state index is 10.2. The van der Waals surface area contributed by atoms with E-state index in [1.165, 1.54) is 12.8 Å². The van der Waals surface area contributed by atoms with E-state index in [1.54, 1.807) is 0 Å². The summed E-state index contributed by atoms with van der Waals surface area (Å²) in [5, 5.41) is 11.8. The standard InChI is InChI=1S/C11H23NO2/c1-3-7-10(2)12-9-6-4-5-8-11(13)14/h10,12H,3-9H2,1-2H3,(H,13,14). The molecule has 3 heteroatoms. The predicted molar refractivity (Wildman–Crippen MR) is 58.5 cm³/mol. The highest BCUT2D eigenvalue weighted by molar-refractivity contribution is 5.66. The van der Waals surface area contributed by atoms with Crippen LogP contribution in [0.15, 0.2) is 0 Å². The Labute approximate surface area is 86.9 Å². The van der Waals surface area contributed by atoms with E-state index in [2.05, 4.69) is 19.2 Å². The molecule has 0 aromatic rings. The Morgan fingerprint density at radius 1 is 1.36 bits per heavy atom. The minimum absolute atomic E-state index is 0.310. The van der Waals surface area contributed by atoms with Gasteiger partial charge in [0.15, 0.2) is 0 Å². The third kappa shape index (κ3) is 9.52. The molecule has 14 heavy (non-hydrogen) atoms. The van der Waals surface area contributed by atoms with Crippen LogP contribution in [0, 0.1) is 0 Å². The second kappa shape index (κ2) is 9.00. The molecule has 0 saturated heterocycles. The molecule has 84 valence electrons. The van der Waals surface area contributed by atoms with Gasteiger partial charge in [0, 0.05) is 12.5 Å². The van der Waals surface area contributed by atoms with Gasteiger partial charge in [-0.25, -0.2) is 0 Å². The van der Waals surface area contributed by atoms with Crippen LogP contribution in [0.25, 0.3) is 0 Å². The van der Waals surface area contributed by atoms with Crippen LogP contribution in [0.2, 0.25) is 0 Å². The Morgan fingerprint density at radius 2 is 2.07 bits per heavy atom. The van der Waals surface area contributed by atoms with Gasteiger partial charge >= 0.3 is 5.97 Å². The first-order valence-electron chi connectivity index (χ1n) is 5.62. The Morgan fingerprint density at radius 3 is 2.64 bits per heavy atom. The number of unbranched alkanes of at least 4 members (excludes halogenated alkanes) is 2. The van der Waals surface area contributed by atoms with Crippen molar-refractivity contribution < 1.29 is 9.90 Å². The summed E-state index contributed by atoms with van der Waals surface area (Å²) in [6.45, 7) is 5.40. The summed E-state index contributed by atoms with van der Waals surface area (Å²) in [7, 11) is 0. The molecule has 0 heterocycles. The van der Waals surface area contributed by atoms with Gasteiger partial charge in [0.2, 0.25) is 0 Å². The first kappa shape index (κ1) is 13.4. The highest BCUT2D eigenvalue weighted by atomic mass is 16.4. The van der Waals surface area contributed by atoms with E-state index in [0.29, 0.717) is 12.5 Å². The number of carbonyl (C=O) groups is 1. The van der Waals surface area contributed by atoms with Gasteiger partial charge in [-0.2, -0.15) is 0 Å². The van der Waals surface area contributed by atoms with Crippen molar-refractivity contribution in [2.75, 3.05) is 6.54 Å². The number of rotatable bonds is 9. The SMILES string of the molecule is CCCC(C)NCCCCCC(=O)O. The van der Waals surface area contributed by atoms with E-state index in [9.17, 15) is 4.79 Å². The monoisotopic (exact) mass is 201 g/mol. The molecule has 1 unspecified atom stereocenters. The van der Waals surface area contributed by atoms with E-state index in [4.69, 9.17) is 5.11 Å². The molecule has 0 aromatic heterocycles. The van der Waals surface area contributed by atoms with Crippen LogP contribution in [0.3, 0.4) is 0 Å². The summed E-state index contributed by atoms with van der Waals surface area (Å²) in [4.78, 5) is 10.2. The summed E-state index contributed by atoms with van der Waals surface area (Å²) < 4.78 is 0. The lowest BCUT2D eigenvalue weighted by molar-refractivity contribution is -0.137. The lowest BCUT2D eigenvalue weighted by Crippen LogP contribution is -2.26. The lowest BCUT2D eigenvalue weighted by Gasteiger charge is -2.11. The zero-order chi connectivity index (χ0) is 10.8. The molecule has 0 fully saturated rings. The van der Waals surface area contributed by atoms with Crippen molar-refractivity contribution in [2.45, 2.75) is 58.4 Å². The van der Waals surface area contributed by atoms with Gasteiger partial charge in [0.25, 0.3) is 0 Å². The van der Waals surface area contributed by atoms with Crippen LogP contribution in [0.5, 0.6) is 0 Å². The van der Waals surface area contributed by atoms with E-state index in [1.807, 2.05) is 0 Å². The van der Waals surface area contributed by atoms with E-state index >= 15 is 0 Å². The number of hydrogen-bond acceptors (Lipinski definition) is 2. The third-order valence-corrected chi connectivity index (χ3v) is 2.28. The van der Waals surface area contributed by atoms with Crippen molar-refractivity contribution in [1.82, 2.24) is 5.32 Å². The molecular weight excluding hydrogens is 178 g/mol. The van der Waals surface area contributed by atoms with Crippen LogP contribution in [-0.2, 0) is 4.79 Å². The zero-order valence-corrected chi connectivity index (χ0v) is 9.38. The molecular formula is C11H23NO2. The largest absolute Gasteiger partial charge is 0.481 e. The molecule has 0 aliphatic heterocycles. The van der Waals surface area contributed by atoms with Gasteiger partial charge in [-0.1, -0.05) is 19.8 Å². The first-order chi connectivity index (χ1) is 6.66. The Balaban J connectivity index is 3.09. The van der Waals surface area contributed by atoms with Gasteiger partial charge in [0.1, 0.15) is 0 Å². The maximum absolute atomic E-state index is 10.2. The van der Waals surface area contributed by atoms with Crippen molar-refractivity contribution in [3.8, 4) is 0 Å². The molecule has 0 saturated carbocycles. The molecule has 0 rings (SSSR count). The molecule has 0 spiro atoms. The number of carboxylic acid groups (broad SMARTS) is 1. The number of aliphatic carboxylic acids is 1. The summed E-state index contributed by atoms with van der Waals surface area (Å²) in [5.41, 5.74) is 0. The predicted octanol–water partition coefficient (Wildman–Crippen LogP) is 2.41. The van der Waals surface area contributed by atoms with Crippen LogP contribution in [0.1, 0.15) is 52.4 Å². The Hall–Kier alpha value is -0.570. The maximum Gasteiger partial charge on any atom is 0.303 e. The summed E-state index contributed by atoms with van der Waals surface area (Å²) in [6, 6.07) is 0.597. The first-order valence-corrected chi connectivity index (χ1v) is 5.62. The lowest BCUT2D eigenvalue weighted by atomic mass is 10.1. The minimum atomic E-state index is -0.683. The van der Waals surface area contributed by atoms with E-state index < -0.39 is 5.97 Å². The summed E-state index contributed by atoms with van der Waals surface area (Å²) in [5.74, 6) is -0.683. The molecule has 0 bridgehead atoms. The van der Waals surface area contributed by atoms with Crippen LogP contribution < -0.4 is 5.32 Å². The normalized spacial score (nSPS) is 12.7. The van der Waals surface area contributed by atoms with Gasteiger partial charge in [0.05, 0.1) is 0 Å². The highest BCUT2D eigenvalue weighted by Crippen LogP contribution is 2.00. The fourth-order valence-electron chi connectivity index (χ4n) is 1.46. The Bertz CT molecular complexity index is 148. The number of carboxylic acids is 1. The Kier molecular flexibility index (Phi) is 8.64. The van der Waals surface area contributed by atoms with Crippen molar-refractivity contribution in [3.63, 3.8) is 0 Å². The van der Waals surface area contributed by atoms with E-state index in [0.717, 1.165) is 25.8 Å². The summed E-state index contributed by atoms with van der Waals surface area (Å²) >= 11 is 0. The molecule has 0 aliphatic rings. The fraction of sp³-hybridized carbons (Fsp3) is 0.909. The molecule has 0 amide bonds. The average molecular weight is 201 g/mol. The summed E-state index contributed by atoms with van der Waals surface area (Å²) in [6.07, 6.45) is 5.64. The van der Waals surface area contributed by atoms with Crippen LogP contribution in [0.4, 0.5) is 0 Å². The second-order valence-corrected chi connectivity index (χ2v) is 3.85. The van der Waals surface area contributed by atoms with E-state index in [-0.39, 0.29) is 0 Å². The number of nitrogens with one attached hydrogen (secondary N) is 1. The highest BCUT2D eigenvalue weighted by Gasteiger charge is 1.99. The second-order valence-electron chi connectivity index (χ2n) is 3.85. The van der Waals surface area contributed by atoms with Crippen LogP contribution >= 0.6 is 0 Å². The molecule has 1 atom stereocenters. The smallest absolute Gasteiger partial charge is 0.303 e. The average Bonchev–Trinajstić information content (AvgIpc) is 2.11. The molecule has 2 N–H and O–H groups in total. The van der Waals surface area contributed by atoms with Gasteiger partial charge in [-0.3, -0.25) is 4.79 Å². The number of hydrogen-bond donors (Lipinski definition) is 2. The van der Waals surface area contributed by atoms with Crippen LogP contribution in [-0.4, -0.2) is 23.7 Å². The molecule has 0 aromatic carbocycles. The van der Waals surface area contributed by atoms with Gasteiger partial charge in [-0.05, 0) is 32.7 Å². The third-order valence-electron chi connectivity index (χ3n) is 2.28. The minimum Gasteiger partial charge on any atom is -0.481 e.